The van der Waals surface area contributed by atoms with Gasteiger partial charge >= 0.3 is 6.18 Å². The van der Waals surface area contributed by atoms with Crippen LogP contribution in [0.2, 0.25) is 0 Å². The molecule has 0 radical (unpaired) electrons. The molecule has 1 aliphatic heterocycles. The molecule has 3 rings (SSSR count). The van der Waals surface area contributed by atoms with E-state index in [1.165, 1.54) is 45.6 Å². The summed E-state index contributed by atoms with van der Waals surface area (Å²) < 4.78 is 65.8. The van der Waals surface area contributed by atoms with Crippen LogP contribution in [0.1, 0.15) is 15.9 Å². The SMILES string of the molecule is O=CN1CCN(S(=O)(=O)c2ccc(C(=O)Nc3ccccc3C(F)(F)F)cc2)CC1. The minimum atomic E-state index is -4.63. The molecule has 0 unspecified atom stereocenters. The average molecular weight is 441 g/mol. The highest BCUT2D eigenvalue weighted by atomic mass is 32.2. The summed E-state index contributed by atoms with van der Waals surface area (Å²) in [4.78, 5) is 24.5. The molecule has 0 bridgehead atoms. The van der Waals surface area contributed by atoms with Crippen molar-refractivity contribution in [2.75, 3.05) is 31.5 Å². The molecule has 7 nitrogen and oxygen atoms in total. The number of halogens is 3. The number of hydrogen-bond donors (Lipinski definition) is 1. The Bertz CT molecular complexity index is 1030. The summed E-state index contributed by atoms with van der Waals surface area (Å²) in [6, 6.07) is 9.50. The van der Waals surface area contributed by atoms with E-state index in [1.807, 2.05) is 0 Å². The molecule has 30 heavy (non-hydrogen) atoms. The fraction of sp³-hybridized carbons (Fsp3) is 0.263. The lowest BCUT2D eigenvalue weighted by Gasteiger charge is -2.31. The van der Waals surface area contributed by atoms with Crippen molar-refractivity contribution in [1.82, 2.24) is 9.21 Å². The minimum absolute atomic E-state index is 0.0108. The molecular weight excluding hydrogens is 423 g/mol. The first-order valence-electron chi connectivity index (χ1n) is 8.90. The molecule has 1 aliphatic rings. The van der Waals surface area contributed by atoms with Gasteiger partial charge in [0.2, 0.25) is 16.4 Å². The Hall–Kier alpha value is -2.92. The van der Waals surface area contributed by atoms with E-state index < -0.39 is 27.7 Å². The topological polar surface area (TPSA) is 86.8 Å². The van der Waals surface area contributed by atoms with E-state index >= 15 is 0 Å². The van der Waals surface area contributed by atoms with Gasteiger partial charge in [-0.3, -0.25) is 9.59 Å². The Morgan fingerprint density at radius 1 is 0.967 bits per heavy atom. The first-order chi connectivity index (χ1) is 14.1. The molecule has 2 aromatic carbocycles. The second-order valence-electron chi connectivity index (χ2n) is 6.57. The van der Waals surface area contributed by atoms with Crippen LogP contribution in [-0.2, 0) is 21.0 Å². The van der Waals surface area contributed by atoms with Gasteiger partial charge in [0.1, 0.15) is 0 Å². The number of carbonyl (C=O) groups is 2. The maximum Gasteiger partial charge on any atom is 0.418 e. The molecule has 1 saturated heterocycles. The van der Waals surface area contributed by atoms with Crippen LogP contribution < -0.4 is 5.32 Å². The number of nitrogens with one attached hydrogen (secondary N) is 1. The van der Waals surface area contributed by atoms with Crippen molar-refractivity contribution in [1.29, 1.82) is 0 Å². The van der Waals surface area contributed by atoms with Gasteiger partial charge in [-0.25, -0.2) is 8.42 Å². The second-order valence-corrected chi connectivity index (χ2v) is 8.51. The van der Waals surface area contributed by atoms with E-state index in [-0.39, 0.29) is 42.3 Å². The summed E-state index contributed by atoms with van der Waals surface area (Å²) >= 11 is 0. The predicted molar refractivity (Wildman–Crippen MR) is 102 cm³/mol. The summed E-state index contributed by atoms with van der Waals surface area (Å²) in [5, 5.41) is 2.21. The standard InChI is InChI=1S/C19H18F3N3O4S/c20-19(21,22)16-3-1-2-4-17(16)23-18(27)14-5-7-15(8-6-14)30(28,29)25-11-9-24(13-26)10-12-25/h1-8,13H,9-12H2,(H,23,27). The molecule has 0 aliphatic carbocycles. The number of sulfonamides is 1. The third-order valence-corrected chi connectivity index (χ3v) is 6.57. The van der Waals surface area contributed by atoms with Crippen LogP contribution in [-0.4, -0.2) is 56.1 Å². The molecule has 0 saturated carbocycles. The van der Waals surface area contributed by atoms with Crippen molar-refractivity contribution in [2.24, 2.45) is 0 Å². The molecule has 1 N–H and O–H groups in total. The third-order valence-electron chi connectivity index (χ3n) is 4.66. The van der Waals surface area contributed by atoms with E-state index in [0.717, 1.165) is 12.1 Å². The van der Waals surface area contributed by atoms with Gasteiger partial charge in [-0.05, 0) is 36.4 Å². The molecule has 11 heteroatoms. The van der Waals surface area contributed by atoms with Crippen LogP contribution in [0.15, 0.2) is 53.4 Å². The molecule has 1 fully saturated rings. The van der Waals surface area contributed by atoms with Crippen molar-refractivity contribution in [2.45, 2.75) is 11.1 Å². The Labute approximate surface area is 171 Å². The molecule has 1 heterocycles. The van der Waals surface area contributed by atoms with Crippen molar-refractivity contribution >= 4 is 28.0 Å². The van der Waals surface area contributed by atoms with Crippen molar-refractivity contribution in [3.8, 4) is 0 Å². The Kier molecular flexibility index (Phi) is 6.13. The highest BCUT2D eigenvalue weighted by Gasteiger charge is 2.33. The second kappa shape index (κ2) is 8.44. The van der Waals surface area contributed by atoms with Gasteiger partial charge < -0.3 is 10.2 Å². The number of hydrogen-bond acceptors (Lipinski definition) is 4. The highest BCUT2D eigenvalue weighted by molar-refractivity contribution is 7.89. The van der Waals surface area contributed by atoms with E-state index in [4.69, 9.17) is 0 Å². The number of para-hydroxylation sites is 1. The van der Waals surface area contributed by atoms with E-state index in [1.54, 1.807) is 0 Å². The summed E-state index contributed by atoms with van der Waals surface area (Å²) in [6.45, 7) is 0.860. The summed E-state index contributed by atoms with van der Waals surface area (Å²) in [7, 11) is -3.81. The molecule has 2 amide bonds. The zero-order valence-electron chi connectivity index (χ0n) is 15.6. The Balaban J connectivity index is 1.75. The lowest BCUT2D eigenvalue weighted by atomic mass is 10.1. The van der Waals surface area contributed by atoms with Gasteiger partial charge in [-0.2, -0.15) is 17.5 Å². The number of benzene rings is 2. The molecule has 0 spiro atoms. The van der Waals surface area contributed by atoms with E-state index in [2.05, 4.69) is 5.32 Å². The largest absolute Gasteiger partial charge is 0.418 e. The number of amides is 2. The first kappa shape index (κ1) is 21.8. The van der Waals surface area contributed by atoms with Gasteiger partial charge in [0, 0.05) is 31.7 Å². The summed E-state index contributed by atoms with van der Waals surface area (Å²) in [6.07, 6.45) is -3.97. The Morgan fingerprint density at radius 3 is 2.13 bits per heavy atom. The minimum Gasteiger partial charge on any atom is -0.343 e. The maximum absolute atomic E-state index is 13.1. The quantitative estimate of drug-likeness (QED) is 0.722. The summed E-state index contributed by atoms with van der Waals surface area (Å²) in [5.74, 6) is -0.796. The number of rotatable bonds is 5. The number of alkyl halides is 3. The summed E-state index contributed by atoms with van der Waals surface area (Å²) in [5.41, 5.74) is -1.36. The molecular formula is C19H18F3N3O4S. The zero-order chi connectivity index (χ0) is 21.9. The number of nitrogens with zero attached hydrogens (tertiary/aromatic N) is 2. The van der Waals surface area contributed by atoms with Gasteiger partial charge in [-0.15, -0.1) is 0 Å². The monoisotopic (exact) mass is 441 g/mol. The van der Waals surface area contributed by atoms with Crippen LogP contribution >= 0.6 is 0 Å². The Morgan fingerprint density at radius 2 is 1.57 bits per heavy atom. The van der Waals surface area contributed by atoms with Crippen molar-refractivity contribution < 1.29 is 31.2 Å². The molecule has 0 atom stereocenters. The van der Waals surface area contributed by atoms with Crippen LogP contribution in [0.25, 0.3) is 0 Å². The first-order valence-corrected chi connectivity index (χ1v) is 10.3. The zero-order valence-corrected chi connectivity index (χ0v) is 16.4. The van der Waals surface area contributed by atoms with Crippen LogP contribution in [0.3, 0.4) is 0 Å². The lowest BCUT2D eigenvalue weighted by Crippen LogP contribution is -2.47. The molecule has 0 aromatic heterocycles. The van der Waals surface area contributed by atoms with E-state index in [0.29, 0.717) is 6.41 Å². The number of piperazine rings is 1. The highest BCUT2D eigenvalue weighted by Crippen LogP contribution is 2.34. The van der Waals surface area contributed by atoms with Crippen LogP contribution in [0.5, 0.6) is 0 Å². The maximum atomic E-state index is 13.1. The smallest absolute Gasteiger partial charge is 0.343 e. The predicted octanol–water partition coefficient (Wildman–Crippen LogP) is 2.42. The lowest BCUT2D eigenvalue weighted by molar-refractivity contribution is -0.136. The van der Waals surface area contributed by atoms with Crippen molar-refractivity contribution in [3.05, 3.63) is 59.7 Å². The van der Waals surface area contributed by atoms with Gasteiger partial charge in [0.15, 0.2) is 0 Å². The van der Waals surface area contributed by atoms with Crippen LogP contribution in [0.4, 0.5) is 18.9 Å². The van der Waals surface area contributed by atoms with Crippen LogP contribution in [0, 0.1) is 0 Å². The average Bonchev–Trinajstić information content (AvgIpc) is 2.73. The number of anilines is 1. The van der Waals surface area contributed by atoms with Gasteiger partial charge in [-0.1, -0.05) is 12.1 Å². The van der Waals surface area contributed by atoms with Gasteiger partial charge in [0.05, 0.1) is 16.1 Å². The van der Waals surface area contributed by atoms with E-state index in [9.17, 15) is 31.2 Å². The number of carbonyl (C=O) groups excluding carboxylic acids is 2. The third kappa shape index (κ3) is 4.62. The molecule has 160 valence electrons. The fourth-order valence-corrected chi connectivity index (χ4v) is 4.43. The molecule has 2 aromatic rings. The fourth-order valence-electron chi connectivity index (χ4n) is 3.01. The normalized spacial score (nSPS) is 15.6. The van der Waals surface area contributed by atoms with Gasteiger partial charge in [0.25, 0.3) is 5.91 Å². The van der Waals surface area contributed by atoms with Crippen molar-refractivity contribution in [3.63, 3.8) is 0 Å².